The van der Waals surface area contributed by atoms with Crippen molar-refractivity contribution in [3.8, 4) is 0 Å². The van der Waals surface area contributed by atoms with Gasteiger partial charge in [0.1, 0.15) is 6.61 Å². The first-order valence-electron chi connectivity index (χ1n) is 26.9. The standard InChI is InChI=1S/C55H104O5/c1-3-5-7-9-11-13-15-17-19-21-23-25-26-27-28-30-32-34-36-38-40-42-44-46-48-50-55(58)60-53(51-56)52-59-54(57)49-47-45-43-41-39-37-35-33-31-29-24-22-20-18-16-14-12-10-8-6-4-2/h15,17,21,23,53,56H,3-14,16,18-20,22,24-52H2,1-2H3/b17-15-,23-21-. The van der Waals surface area contributed by atoms with E-state index in [1.54, 1.807) is 0 Å². The van der Waals surface area contributed by atoms with Crippen molar-refractivity contribution in [2.24, 2.45) is 0 Å². The second kappa shape index (κ2) is 51.7. The lowest BCUT2D eigenvalue weighted by Crippen LogP contribution is -2.28. The van der Waals surface area contributed by atoms with Crippen LogP contribution in [-0.4, -0.2) is 36.4 Å². The van der Waals surface area contributed by atoms with Crippen molar-refractivity contribution in [3.63, 3.8) is 0 Å². The van der Waals surface area contributed by atoms with Gasteiger partial charge in [-0.25, -0.2) is 0 Å². The molecular weight excluding hydrogens is 741 g/mol. The smallest absolute Gasteiger partial charge is 0.306 e. The van der Waals surface area contributed by atoms with Crippen molar-refractivity contribution < 1.29 is 24.2 Å². The van der Waals surface area contributed by atoms with Crippen LogP contribution in [0.15, 0.2) is 24.3 Å². The van der Waals surface area contributed by atoms with Gasteiger partial charge in [-0.2, -0.15) is 0 Å². The number of esters is 2. The summed E-state index contributed by atoms with van der Waals surface area (Å²) in [7, 11) is 0. The summed E-state index contributed by atoms with van der Waals surface area (Å²) < 4.78 is 10.7. The third-order valence-electron chi connectivity index (χ3n) is 12.2. The Morgan fingerprint density at radius 1 is 0.383 bits per heavy atom. The predicted octanol–water partition coefficient (Wildman–Crippen LogP) is 17.8. The number of carbonyl (C=O) groups is 2. The molecule has 0 aromatic rings. The minimum atomic E-state index is -0.768. The van der Waals surface area contributed by atoms with Gasteiger partial charge in [0, 0.05) is 12.8 Å². The van der Waals surface area contributed by atoms with Gasteiger partial charge < -0.3 is 14.6 Å². The Balaban J connectivity index is 3.44. The first-order chi connectivity index (χ1) is 29.6. The van der Waals surface area contributed by atoms with Gasteiger partial charge in [-0.3, -0.25) is 9.59 Å². The number of allylic oxidation sites excluding steroid dienone is 4. The molecule has 1 unspecified atom stereocenters. The summed E-state index contributed by atoms with van der Waals surface area (Å²) in [6.07, 6.45) is 64.2. The van der Waals surface area contributed by atoms with Crippen LogP contribution in [0.3, 0.4) is 0 Å². The maximum absolute atomic E-state index is 12.3. The summed E-state index contributed by atoms with van der Waals surface area (Å²) in [5.41, 5.74) is 0. The van der Waals surface area contributed by atoms with Crippen molar-refractivity contribution in [2.75, 3.05) is 13.2 Å². The third-order valence-corrected chi connectivity index (χ3v) is 12.2. The van der Waals surface area contributed by atoms with Crippen LogP contribution in [0, 0.1) is 0 Å². The lowest BCUT2D eigenvalue weighted by atomic mass is 10.0. The topological polar surface area (TPSA) is 72.8 Å². The number of unbranched alkanes of at least 4 members (excludes halogenated alkanes) is 38. The van der Waals surface area contributed by atoms with E-state index < -0.39 is 6.10 Å². The SMILES string of the molecule is CCCCCCC/C=C\C/C=C\CCCCCCCCCCCCCCCC(=O)OC(CO)COC(=O)CCCCCCCCCCCCCCCCCCCCCCC. The number of carbonyl (C=O) groups excluding carboxylic acids is 2. The molecule has 0 rings (SSSR count). The Morgan fingerprint density at radius 3 is 0.983 bits per heavy atom. The largest absolute Gasteiger partial charge is 0.462 e. The Kier molecular flexibility index (Phi) is 50.3. The Labute approximate surface area is 374 Å². The van der Waals surface area contributed by atoms with E-state index >= 15 is 0 Å². The number of aliphatic hydroxyl groups excluding tert-OH is 1. The number of aliphatic hydroxyl groups is 1. The van der Waals surface area contributed by atoms with Gasteiger partial charge in [0.15, 0.2) is 6.10 Å². The molecular formula is C55H104O5. The molecule has 354 valence electrons. The van der Waals surface area contributed by atoms with E-state index in [9.17, 15) is 14.7 Å². The summed E-state index contributed by atoms with van der Waals surface area (Å²) in [6, 6.07) is 0. The van der Waals surface area contributed by atoms with E-state index in [-0.39, 0.29) is 25.2 Å². The van der Waals surface area contributed by atoms with Crippen molar-refractivity contribution in [3.05, 3.63) is 24.3 Å². The van der Waals surface area contributed by atoms with Crippen LogP contribution < -0.4 is 0 Å². The highest BCUT2D eigenvalue weighted by Gasteiger charge is 2.16. The molecule has 0 radical (unpaired) electrons. The molecule has 60 heavy (non-hydrogen) atoms. The molecule has 0 aromatic heterocycles. The monoisotopic (exact) mass is 845 g/mol. The zero-order valence-corrected chi connectivity index (χ0v) is 40.5. The van der Waals surface area contributed by atoms with Crippen molar-refractivity contribution in [2.45, 2.75) is 302 Å². The van der Waals surface area contributed by atoms with Crippen molar-refractivity contribution >= 4 is 11.9 Å². The first-order valence-corrected chi connectivity index (χ1v) is 26.9. The van der Waals surface area contributed by atoms with Crippen LogP contribution in [0.1, 0.15) is 296 Å². The van der Waals surface area contributed by atoms with Gasteiger partial charge in [-0.15, -0.1) is 0 Å². The molecule has 5 nitrogen and oxygen atoms in total. The Bertz CT molecular complexity index is 913. The van der Waals surface area contributed by atoms with E-state index in [0.717, 1.165) is 38.5 Å². The maximum atomic E-state index is 12.3. The van der Waals surface area contributed by atoms with Crippen LogP contribution in [-0.2, 0) is 19.1 Å². The molecule has 0 amide bonds. The highest BCUT2D eigenvalue weighted by molar-refractivity contribution is 5.70. The van der Waals surface area contributed by atoms with E-state index in [1.165, 1.54) is 231 Å². The van der Waals surface area contributed by atoms with Gasteiger partial charge in [0.25, 0.3) is 0 Å². The molecule has 5 heteroatoms. The van der Waals surface area contributed by atoms with E-state index in [0.29, 0.717) is 12.8 Å². The molecule has 0 saturated heterocycles. The lowest BCUT2D eigenvalue weighted by molar-refractivity contribution is -0.161. The molecule has 0 aliphatic rings. The van der Waals surface area contributed by atoms with Gasteiger partial charge in [0.2, 0.25) is 0 Å². The fraction of sp³-hybridized carbons (Fsp3) is 0.891. The highest BCUT2D eigenvalue weighted by Crippen LogP contribution is 2.17. The van der Waals surface area contributed by atoms with Gasteiger partial charge >= 0.3 is 11.9 Å². The van der Waals surface area contributed by atoms with Crippen LogP contribution in [0.25, 0.3) is 0 Å². The molecule has 1 N–H and O–H groups in total. The average Bonchev–Trinajstić information content (AvgIpc) is 3.25. The summed E-state index contributed by atoms with van der Waals surface area (Å²) in [6.45, 7) is 4.18. The maximum Gasteiger partial charge on any atom is 0.306 e. The fourth-order valence-corrected chi connectivity index (χ4v) is 8.18. The van der Waals surface area contributed by atoms with Gasteiger partial charge in [0.05, 0.1) is 6.61 Å². The molecule has 0 aliphatic heterocycles. The van der Waals surface area contributed by atoms with Crippen LogP contribution in [0.4, 0.5) is 0 Å². The average molecular weight is 845 g/mol. The molecule has 0 aromatic carbocycles. The quantitative estimate of drug-likeness (QED) is 0.0375. The fourth-order valence-electron chi connectivity index (χ4n) is 8.18. The number of rotatable bonds is 50. The second-order valence-electron chi connectivity index (χ2n) is 18.3. The normalized spacial score (nSPS) is 12.2. The van der Waals surface area contributed by atoms with Crippen LogP contribution in [0.2, 0.25) is 0 Å². The van der Waals surface area contributed by atoms with Gasteiger partial charge in [-0.1, -0.05) is 263 Å². The van der Waals surface area contributed by atoms with Crippen LogP contribution in [0.5, 0.6) is 0 Å². The van der Waals surface area contributed by atoms with E-state index in [4.69, 9.17) is 9.47 Å². The van der Waals surface area contributed by atoms with Crippen molar-refractivity contribution in [1.82, 2.24) is 0 Å². The molecule has 0 bridgehead atoms. The molecule has 0 saturated carbocycles. The van der Waals surface area contributed by atoms with Gasteiger partial charge in [-0.05, 0) is 44.9 Å². The Hall–Kier alpha value is -1.62. The minimum absolute atomic E-state index is 0.0599. The second-order valence-corrected chi connectivity index (χ2v) is 18.3. The molecule has 0 aliphatic carbocycles. The minimum Gasteiger partial charge on any atom is -0.462 e. The molecule has 0 heterocycles. The zero-order chi connectivity index (χ0) is 43.5. The Morgan fingerprint density at radius 2 is 0.667 bits per heavy atom. The van der Waals surface area contributed by atoms with E-state index in [1.807, 2.05) is 0 Å². The van der Waals surface area contributed by atoms with Crippen molar-refractivity contribution in [1.29, 1.82) is 0 Å². The zero-order valence-electron chi connectivity index (χ0n) is 40.5. The number of ether oxygens (including phenoxy) is 2. The number of hydrogen-bond acceptors (Lipinski definition) is 5. The highest BCUT2D eigenvalue weighted by atomic mass is 16.6. The molecule has 0 spiro atoms. The van der Waals surface area contributed by atoms with Crippen LogP contribution >= 0.6 is 0 Å². The molecule has 1 atom stereocenters. The number of hydrogen-bond donors (Lipinski definition) is 1. The molecule has 0 fully saturated rings. The predicted molar refractivity (Wildman–Crippen MR) is 261 cm³/mol. The van der Waals surface area contributed by atoms with E-state index in [2.05, 4.69) is 38.2 Å². The summed E-state index contributed by atoms with van der Waals surface area (Å²) in [4.78, 5) is 24.5. The summed E-state index contributed by atoms with van der Waals surface area (Å²) in [5.74, 6) is -0.573. The summed E-state index contributed by atoms with van der Waals surface area (Å²) in [5, 5.41) is 9.64. The lowest BCUT2D eigenvalue weighted by Gasteiger charge is -2.15. The first kappa shape index (κ1) is 58.4. The third kappa shape index (κ3) is 49.0. The summed E-state index contributed by atoms with van der Waals surface area (Å²) >= 11 is 0.